The number of rotatable bonds is 8. The first-order valence-electron chi connectivity index (χ1n) is 10.8. The first kappa shape index (κ1) is 24.0. The molecule has 2 aliphatic heterocycles. The van der Waals surface area contributed by atoms with Gasteiger partial charge in [0.15, 0.2) is 0 Å². The van der Waals surface area contributed by atoms with E-state index in [0.717, 1.165) is 0 Å². The average Bonchev–Trinajstić information content (AvgIpc) is 3.17. The van der Waals surface area contributed by atoms with Crippen LogP contribution in [0.2, 0.25) is 36.3 Å². The largest absolute Gasteiger partial charge is 1.00 e. The SMILES string of the molecule is CCC[Si]1(C2=[C]([Ti+2][C]3=C([Si]4(CCC)CCC4)C=CC3)CC=C2)CCC1.[Cl-].[Cl-]. The third kappa shape index (κ3) is 4.42. The Morgan fingerprint density at radius 1 is 0.741 bits per heavy atom. The Morgan fingerprint density at radius 2 is 1.15 bits per heavy atom. The molecule has 4 rings (SSSR count). The summed E-state index contributed by atoms with van der Waals surface area (Å²) in [5.74, 6) is 0. The quantitative estimate of drug-likeness (QED) is 0.464. The van der Waals surface area contributed by atoms with Crippen LogP contribution in [0.3, 0.4) is 0 Å². The molecule has 0 amide bonds. The number of halogens is 2. The molecule has 0 radical (unpaired) electrons. The Hall–Kier alpha value is 0.688. The minimum absolute atomic E-state index is 0. The summed E-state index contributed by atoms with van der Waals surface area (Å²) in [5.41, 5.74) is 0. The minimum atomic E-state index is -1.03. The van der Waals surface area contributed by atoms with Crippen molar-refractivity contribution in [1.29, 1.82) is 0 Å². The molecule has 4 aliphatic rings. The summed E-state index contributed by atoms with van der Waals surface area (Å²) in [4.78, 5) is 0. The van der Waals surface area contributed by atoms with Crippen molar-refractivity contribution in [2.75, 3.05) is 0 Å². The Bertz CT molecular complexity index is 599. The molecule has 2 aliphatic carbocycles. The first-order valence-corrected chi connectivity index (χ1v) is 17.6. The van der Waals surface area contributed by atoms with E-state index in [-0.39, 0.29) is 44.0 Å². The van der Waals surface area contributed by atoms with E-state index in [1.807, 2.05) is 18.1 Å². The third-order valence-electron chi connectivity index (χ3n) is 7.39. The zero-order valence-electron chi connectivity index (χ0n) is 17.1. The molecule has 0 atom stereocenters. The molecule has 148 valence electrons. The topological polar surface area (TPSA) is 0 Å². The second kappa shape index (κ2) is 10.1. The van der Waals surface area contributed by atoms with Gasteiger partial charge in [0.25, 0.3) is 0 Å². The predicted molar refractivity (Wildman–Crippen MR) is 112 cm³/mol. The number of allylic oxidation sites excluding steroid dienone is 8. The molecule has 0 aromatic heterocycles. The van der Waals surface area contributed by atoms with Crippen molar-refractivity contribution in [3.63, 3.8) is 0 Å². The molecule has 0 unspecified atom stereocenters. The Kier molecular flexibility index (Phi) is 8.99. The molecule has 2 heterocycles. The van der Waals surface area contributed by atoms with Gasteiger partial charge in [-0.1, -0.05) is 0 Å². The van der Waals surface area contributed by atoms with Crippen LogP contribution in [0.1, 0.15) is 52.4 Å². The molecule has 0 aromatic rings. The molecule has 27 heavy (non-hydrogen) atoms. The first-order chi connectivity index (χ1) is 12.2. The van der Waals surface area contributed by atoms with Crippen molar-refractivity contribution in [2.24, 2.45) is 0 Å². The van der Waals surface area contributed by atoms with Crippen LogP contribution in [0.15, 0.2) is 42.5 Å². The van der Waals surface area contributed by atoms with Gasteiger partial charge in [-0.2, -0.15) is 0 Å². The molecule has 0 N–H and O–H groups in total. The maximum absolute atomic E-state index is 2.62. The summed E-state index contributed by atoms with van der Waals surface area (Å²) >= 11 is -0.0208. The van der Waals surface area contributed by atoms with E-state index in [2.05, 4.69) is 38.2 Å². The monoisotopic (exact) mass is 472 g/mol. The van der Waals surface area contributed by atoms with Gasteiger partial charge in [0.1, 0.15) is 0 Å². The number of hydrogen-bond acceptors (Lipinski definition) is 0. The molecule has 0 nitrogen and oxygen atoms in total. The molecule has 0 spiro atoms. The van der Waals surface area contributed by atoms with Gasteiger partial charge in [-0.3, -0.25) is 0 Å². The Morgan fingerprint density at radius 3 is 1.44 bits per heavy atom. The van der Waals surface area contributed by atoms with Gasteiger partial charge in [0.2, 0.25) is 0 Å². The molecule has 2 saturated heterocycles. The minimum Gasteiger partial charge on any atom is -1.00 e. The Balaban J connectivity index is 0.00000131. The van der Waals surface area contributed by atoms with Crippen LogP contribution in [0.4, 0.5) is 0 Å². The summed E-state index contributed by atoms with van der Waals surface area (Å²) in [6, 6.07) is 9.56. The predicted octanol–water partition coefficient (Wildman–Crippen LogP) is 1.11. The molecule has 0 saturated carbocycles. The van der Waals surface area contributed by atoms with Gasteiger partial charge in [-0.05, 0) is 0 Å². The van der Waals surface area contributed by atoms with Crippen LogP contribution < -0.4 is 24.8 Å². The maximum Gasteiger partial charge on any atom is -1.00 e. The van der Waals surface area contributed by atoms with Crippen LogP contribution in [-0.4, -0.2) is 16.1 Å². The summed E-state index contributed by atoms with van der Waals surface area (Å²) in [6.45, 7) is 4.83. The van der Waals surface area contributed by atoms with Crippen molar-refractivity contribution in [1.82, 2.24) is 0 Å². The average molecular weight is 473 g/mol. The molecule has 0 aromatic carbocycles. The van der Waals surface area contributed by atoms with E-state index in [9.17, 15) is 0 Å². The van der Waals surface area contributed by atoms with Crippen LogP contribution >= 0.6 is 0 Å². The standard InChI is InChI=1S/2C11H17Si.2ClH.Ti/c2*1-2-8-12(9-5-10-12)11-6-3-4-7-11;;;/h2*3,6H,2,4-5,8-10H2,1H3;2*1H;/q;;;;+2/p-2. The third-order valence-corrected chi connectivity index (χ3v) is 22.0. The van der Waals surface area contributed by atoms with Crippen molar-refractivity contribution in [2.45, 2.75) is 88.6 Å². The second-order valence-electron chi connectivity index (χ2n) is 8.89. The number of hydrogen-bond donors (Lipinski definition) is 0. The van der Waals surface area contributed by atoms with Gasteiger partial charge in [-0.25, -0.2) is 0 Å². The summed E-state index contributed by atoms with van der Waals surface area (Å²) in [6.07, 6.45) is 18.8. The fourth-order valence-electron chi connectivity index (χ4n) is 5.90. The summed E-state index contributed by atoms with van der Waals surface area (Å²) in [5, 5.41) is 3.94. The van der Waals surface area contributed by atoms with Gasteiger partial charge < -0.3 is 24.8 Å². The fourth-order valence-corrected chi connectivity index (χ4v) is 20.2. The van der Waals surface area contributed by atoms with Crippen molar-refractivity contribution >= 4 is 16.1 Å². The van der Waals surface area contributed by atoms with Gasteiger partial charge in [0.05, 0.1) is 0 Å². The summed E-state index contributed by atoms with van der Waals surface area (Å²) in [7, 11) is -2.06. The van der Waals surface area contributed by atoms with Crippen molar-refractivity contribution < 1.29 is 44.0 Å². The van der Waals surface area contributed by atoms with Gasteiger partial charge in [0, 0.05) is 0 Å². The maximum atomic E-state index is 2.62. The van der Waals surface area contributed by atoms with E-state index >= 15 is 0 Å². The zero-order valence-corrected chi connectivity index (χ0v) is 22.1. The molecule has 2 fully saturated rings. The molecule has 0 bridgehead atoms. The smallest absolute Gasteiger partial charge is 1.00 e. The molecule has 5 heteroatoms. The zero-order chi connectivity index (χ0) is 17.3. The van der Waals surface area contributed by atoms with Gasteiger partial charge in [-0.15, -0.1) is 0 Å². The molecular weight excluding hydrogens is 439 g/mol. The van der Waals surface area contributed by atoms with Crippen molar-refractivity contribution in [3.8, 4) is 0 Å². The van der Waals surface area contributed by atoms with E-state index in [0.29, 0.717) is 0 Å². The van der Waals surface area contributed by atoms with Crippen LogP contribution in [-0.2, 0) is 19.2 Å². The fraction of sp³-hybridized carbons (Fsp3) is 0.636. The second-order valence-corrected chi connectivity index (χ2v) is 20.4. The van der Waals surface area contributed by atoms with Gasteiger partial charge >= 0.3 is 166 Å². The molecular formula is C22H34Cl2Si2Ti. The Labute approximate surface area is 190 Å². The van der Waals surface area contributed by atoms with Crippen LogP contribution in [0.5, 0.6) is 0 Å². The van der Waals surface area contributed by atoms with Crippen molar-refractivity contribution in [3.05, 3.63) is 42.5 Å². The van der Waals surface area contributed by atoms with E-state index in [1.54, 1.807) is 36.3 Å². The van der Waals surface area contributed by atoms with E-state index in [4.69, 9.17) is 0 Å². The van der Waals surface area contributed by atoms with Crippen LogP contribution in [0.25, 0.3) is 0 Å². The van der Waals surface area contributed by atoms with E-state index < -0.39 is 16.1 Å². The van der Waals surface area contributed by atoms with E-state index in [1.165, 1.54) is 38.5 Å². The summed E-state index contributed by atoms with van der Waals surface area (Å²) < 4.78 is 3.96. The van der Waals surface area contributed by atoms with Crippen LogP contribution in [0, 0.1) is 0 Å². The normalized spacial score (nSPS) is 24.1.